The number of amides is 1. The lowest BCUT2D eigenvalue weighted by Gasteiger charge is -2.28. The van der Waals surface area contributed by atoms with E-state index in [2.05, 4.69) is 33.5 Å². The molecule has 1 rings (SSSR count). The fourth-order valence-corrected chi connectivity index (χ4v) is 3.84. The third kappa shape index (κ3) is 13.0. The molecular weight excluding hydrogens is 495 g/mol. The lowest BCUT2D eigenvalue weighted by molar-refractivity contribution is -0.121. The molecule has 0 bridgehead atoms. The number of alkyl halides is 3. The van der Waals surface area contributed by atoms with Crippen LogP contribution >= 0.6 is 50.7 Å². The van der Waals surface area contributed by atoms with Gasteiger partial charge in [0.15, 0.2) is 0 Å². The van der Waals surface area contributed by atoms with Gasteiger partial charge in [-0.05, 0) is 34.5 Å². The van der Waals surface area contributed by atoms with Crippen LogP contribution in [0.25, 0.3) is 0 Å². The lowest BCUT2D eigenvalue weighted by atomic mass is 10.1. The van der Waals surface area contributed by atoms with Gasteiger partial charge in [0, 0.05) is 10.9 Å². The number of carbonyl (C=O) groups excluding carboxylic acids is 1. The molecule has 0 fully saturated rings. The van der Waals surface area contributed by atoms with Gasteiger partial charge in [-0.2, -0.15) is 0 Å². The number of hydrogen-bond acceptors (Lipinski definition) is 2. The summed E-state index contributed by atoms with van der Waals surface area (Å²) in [5.74, 6) is -0.114. The van der Waals surface area contributed by atoms with Crippen molar-refractivity contribution in [2.24, 2.45) is 0 Å². The minimum absolute atomic E-state index is 0.114. The second kappa shape index (κ2) is 15.6. The molecule has 0 unspecified atom stereocenters. The van der Waals surface area contributed by atoms with Crippen LogP contribution in [0.4, 0.5) is 5.69 Å². The molecule has 7 heteroatoms. The second-order valence-corrected chi connectivity index (χ2v) is 10.7. The van der Waals surface area contributed by atoms with E-state index in [-0.39, 0.29) is 5.91 Å². The van der Waals surface area contributed by atoms with E-state index >= 15 is 0 Å². The van der Waals surface area contributed by atoms with Crippen molar-refractivity contribution in [1.82, 2.24) is 5.32 Å². The molecule has 2 N–H and O–H groups in total. The zero-order valence-corrected chi connectivity index (χ0v) is 21.1. The van der Waals surface area contributed by atoms with E-state index in [1.165, 1.54) is 57.8 Å². The zero-order valence-electron chi connectivity index (χ0n) is 17.3. The Balaban J connectivity index is 2.21. The molecule has 0 saturated heterocycles. The number of anilines is 1. The van der Waals surface area contributed by atoms with E-state index in [0.717, 1.165) is 23.0 Å². The Morgan fingerprint density at radius 2 is 1.45 bits per heavy atom. The summed E-state index contributed by atoms with van der Waals surface area (Å²) in [6.07, 6.45) is 13.3. The molecule has 0 aliphatic carbocycles. The Labute approximate surface area is 199 Å². The highest BCUT2D eigenvalue weighted by atomic mass is 79.9. The van der Waals surface area contributed by atoms with Gasteiger partial charge < -0.3 is 10.6 Å². The third-order valence-corrected chi connectivity index (χ3v) is 6.16. The Morgan fingerprint density at radius 1 is 0.931 bits per heavy atom. The molecule has 1 amide bonds. The summed E-state index contributed by atoms with van der Waals surface area (Å²) in [4.78, 5) is 12.3. The van der Waals surface area contributed by atoms with Crippen LogP contribution in [0.2, 0.25) is 0 Å². The van der Waals surface area contributed by atoms with Crippen LogP contribution in [0.15, 0.2) is 28.7 Å². The average molecular weight is 529 g/mol. The van der Waals surface area contributed by atoms with Crippen LogP contribution in [0.5, 0.6) is 0 Å². The summed E-state index contributed by atoms with van der Waals surface area (Å²) in [5.41, 5.74) is 0.749. The average Bonchev–Trinajstić information content (AvgIpc) is 2.66. The number of benzene rings is 1. The molecule has 0 radical (unpaired) electrons. The van der Waals surface area contributed by atoms with E-state index in [1.54, 1.807) is 0 Å². The van der Waals surface area contributed by atoms with Crippen LogP contribution in [0, 0.1) is 0 Å². The normalized spacial score (nSPS) is 12.6. The topological polar surface area (TPSA) is 41.1 Å². The predicted molar refractivity (Wildman–Crippen MR) is 131 cm³/mol. The van der Waals surface area contributed by atoms with Crippen molar-refractivity contribution in [2.75, 3.05) is 5.32 Å². The minimum Gasteiger partial charge on any atom is -0.361 e. The number of rotatable bonds is 15. The fraction of sp³-hybridized carbons (Fsp3) is 0.682. The van der Waals surface area contributed by atoms with E-state index in [0.29, 0.717) is 6.42 Å². The minimum atomic E-state index is -1.66. The Kier molecular flexibility index (Phi) is 14.5. The van der Waals surface area contributed by atoms with Crippen molar-refractivity contribution < 1.29 is 4.79 Å². The summed E-state index contributed by atoms with van der Waals surface area (Å²) in [6.45, 7) is 2.25. The van der Waals surface area contributed by atoms with Crippen LogP contribution < -0.4 is 10.6 Å². The van der Waals surface area contributed by atoms with Gasteiger partial charge in [-0.15, -0.1) is 0 Å². The van der Waals surface area contributed by atoms with Gasteiger partial charge in [0.05, 0.1) is 5.69 Å². The molecule has 29 heavy (non-hydrogen) atoms. The highest BCUT2D eigenvalue weighted by molar-refractivity contribution is 9.10. The highest BCUT2D eigenvalue weighted by Crippen LogP contribution is 2.32. The first-order chi connectivity index (χ1) is 13.8. The summed E-state index contributed by atoms with van der Waals surface area (Å²) in [6, 6.07) is 7.49. The number of unbranched alkanes of at least 4 members (excludes halogenated alkanes) is 10. The van der Waals surface area contributed by atoms with Gasteiger partial charge in [0.25, 0.3) is 0 Å². The van der Waals surface area contributed by atoms with Gasteiger partial charge in [0.2, 0.25) is 9.70 Å². The molecule has 1 atom stereocenters. The van der Waals surface area contributed by atoms with E-state index in [4.69, 9.17) is 34.8 Å². The largest absolute Gasteiger partial charge is 0.361 e. The van der Waals surface area contributed by atoms with Crippen molar-refractivity contribution in [3.63, 3.8) is 0 Å². The first kappa shape index (κ1) is 26.9. The molecule has 0 spiro atoms. The number of para-hydroxylation sites is 1. The first-order valence-electron chi connectivity index (χ1n) is 10.7. The molecule has 0 saturated carbocycles. The van der Waals surface area contributed by atoms with Crippen LogP contribution in [0.3, 0.4) is 0 Å². The summed E-state index contributed by atoms with van der Waals surface area (Å²) < 4.78 is -0.832. The number of carbonyl (C=O) groups is 1. The SMILES string of the molecule is CCCCCCCCCCCCCC(=O)N[C@H](Nc1ccccc1Br)C(Cl)(Cl)Cl. The van der Waals surface area contributed by atoms with Crippen molar-refractivity contribution in [3.8, 4) is 0 Å². The molecule has 3 nitrogen and oxygen atoms in total. The maximum Gasteiger partial charge on any atom is 0.228 e. The predicted octanol–water partition coefficient (Wildman–Crippen LogP) is 8.37. The summed E-state index contributed by atoms with van der Waals surface area (Å²) >= 11 is 21.6. The third-order valence-electron chi connectivity index (χ3n) is 4.81. The monoisotopic (exact) mass is 526 g/mol. The molecular formula is C22H34BrCl3N2O. The van der Waals surface area contributed by atoms with Gasteiger partial charge in [-0.1, -0.05) is 118 Å². The number of hydrogen-bond donors (Lipinski definition) is 2. The van der Waals surface area contributed by atoms with Crippen LogP contribution in [-0.4, -0.2) is 15.9 Å². The Hall–Kier alpha value is -0.160. The van der Waals surface area contributed by atoms with Gasteiger partial charge >= 0.3 is 0 Å². The molecule has 1 aromatic rings. The van der Waals surface area contributed by atoms with E-state index in [1.807, 2.05) is 24.3 Å². The standard InChI is InChI=1S/C22H34BrCl3N2O/c1-2-3-4-5-6-7-8-9-10-11-12-17-20(29)28-21(22(24,25)26)27-19-16-14-13-15-18(19)23/h13-16,21,27H,2-12,17H2,1H3,(H,28,29)/t21-/m0/s1. The first-order valence-corrected chi connectivity index (χ1v) is 12.6. The molecule has 0 aromatic heterocycles. The molecule has 0 aliphatic rings. The van der Waals surface area contributed by atoms with Gasteiger partial charge in [-0.25, -0.2) is 0 Å². The molecule has 1 aromatic carbocycles. The Bertz CT molecular complexity index is 581. The summed E-state index contributed by atoms with van der Waals surface area (Å²) in [7, 11) is 0. The van der Waals surface area contributed by atoms with Crippen molar-refractivity contribution in [2.45, 2.75) is 93.9 Å². The Morgan fingerprint density at radius 3 is 1.97 bits per heavy atom. The maximum absolute atomic E-state index is 12.3. The quantitative estimate of drug-likeness (QED) is 0.136. The number of nitrogens with one attached hydrogen (secondary N) is 2. The van der Waals surface area contributed by atoms with Crippen molar-refractivity contribution >= 4 is 62.3 Å². The van der Waals surface area contributed by atoms with Crippen molar-refractivity contribution in [1.29, 1.82) is 0 Å². The van der Waals surface area contributed by atoms with Gasteiger partial charge in [-0.3, -0.25) is 4.79 Å². The number of halogens is 4. The van der Waals surface area contributed by atoms with E-state index < -0.39 is 9.96 Å². The molecule has 166 valence electrons. The second-order valence-electron chi connectivity index (χ2n) is 7.45. The molecule has 0 heterocycles. The summed E-state index contributed by atoms with van der Waals surface area (Å²) in [5, 5.41) is 5.89. The van der Waals surface area contributed by atoms with E-state index in [9.17, 15) is 4.79 Å². The molecule has 0 aliphatic heterocycles. The van der Waals surface area contributed by atoms with Gasteiger partial charge in [0.1, 0.15) is 6.17 Å². The van der Waals surface area contributed by atoms with Crippen LogP contribution in [0.1, 0.15) is 84.0 Å². The van der Waals surface area contributed by atoms with Crippen LogP contribution in [-0.2, 0) is 4.79 Å². The lowest BCUT2D eigenvalue weighted by Crippen LogP contribution is -2.49. The maximum atomic E-state index is 12.3. The van der Waals surface area contributed by atoms with Crippen molar-refractivity contribution in [3.05, 3.63) is 28.7 Å². The highest BCUT2D eigenvalue weighted by Gasteiger charge is 2.34. The zero-order chi connectivity index (χ0) is 21.5. The smallest absolute Gasteiger partial charge is 0.228 e. The fourth-order valence-electron chi connectivity index (χ4n) is 3.12.